The van der Waals surface area contributed by atoms with Crippen LogP contribution in [0.5, 0.6) is 5.75 Å². The van der Waals surface area contributed by atoms with Crippen LogP contribution in [0.15, 0.2) is 22.7 Å². The molecule has 0 aliphatic heterocycles. The van der Waals surface area contributed by atoms with Crippen molar-refractivity contribution in [2.45, 2.75) is 12.7 Å². The second-order valence-corrected chi connectivity index (χ2v) is 4.32. The summed E-state index contributed by atoms with van der Waals surface area (Å²) in [6.07, 6.45) is -9.69. The largest absolute Gasteiger partial charge is 0.573 e. The van der Waals surface area contributed by atoms with E-state index in [9.17, 15) is 26.3 Å². The second kappa shape index (κ2) is 6.53. The summed E-state index contributed by atoms with van der Waals surface area (Å²) in [5, 5.41) is 2.36. The third kappa shape index (κ3) is 6.85. The van der Waals surface area contributed by atoms with Crippen LogP contribution >= 0.6 is 15.9 Å². The van der Waals surface area contributed by atoms with Crippen molar-refractivity contribution in [3.05, 3.63) is 22.7 Å². The third-order valence-corrected chi connectivity index (χ3v) is 2.35. The van der Waals surface area contributed by atoms with E-state index in [1.54, 1.807) is 0 Å². The van der Waals surface area contributed by atoms with E-state index in [0.717, 1.165) is 6.07 Å². The van der Waals surface area contributed by atoms with Crippen LogP contribution in [0.1, 0.15) is 0 Å². The summed E-state index contributed by atoms with van der Waals surface area (Å²) in [4.78, 5) is 0. The highest BCUT2D eigenvalue weighted by Gasteiger charge is 2.32. The van der Waals surface area contributed by atoms with Crippen LogP contribution in [0.4, 0.5) is 32.0 Å². The second-order valence-electron chi connectivity index (χ2n) is 3.41. The molecule has 20 heavy (non-hydrogen) atoms. The average molecular weight is 368 g/mol. The standard InChI is InChI=1S/C10H8BrF6NO2/c11-6-1-2-7(8(5-6)20-10(15,16)17)18-3-4-19-9(12,13)14/h1-2,5,18H,3-4H2. The van der Waals surface area contributed by atoms with Crippen LogP contribution in [0.2, 0.25) is 0 Å². The maximum Gasteiger partial charge on any atom is 0.573 e. The molecule has 114 valence electrons. The lowest BCUT2D eigenvalue weighted by atomic mass is 10.3. The molecule has 0 aromatic heterocycles. The number of ether oxygens (including phenoxy) is 2. The minimum Gasteiger partial charge on any atom is -0.404 e. The van der Waals surface area contributed by atoms with Crippen LogP contribution < -0.4 is 10.1 Å². The van der Waals surface area contributed by atoms with Crippen molar-refractivity contribution in [2.24, 2.45) is 0 Å². The molecule has 0 atom stereocenters. The van der Waals surface area contributed by atoms with Gasteiger partial charge in [0.25, 0.3) is 0 Å². The molecule has 0 amide bonds. The molecule has 1 aromatic rings. The zero-order valence-electron chi connectivity index (χ0n) is 9.61. The van der Waals surface area contributed by atoms with E-state index in [4.69, 9.17) is 0 Å². The van der Waals surface area contributed by atoms with Gasteiger partial charge in [-0.15, -0.1) is 26.3 Å². The van der Waals surface area contributed by atoms with E-state index < -0.39 is 25.1 Å². The van der Waals surface area contributed by atoms with Gasteiger partial charge in [0.2, 0.25) is 0 Å². The van der Waals surface area contributed by atoms with Crippen molar-refractivity contribution in [3.8, 4) is 5.75 Å². The van der Waals surface area contributed by atoms with Crippen LogP contribution in [-0.2, 0) is 4.74 Å². The minimum atomic E-state index is -4.90. The summed E-state index contributed by atoms with van der Waals surface area (Å²) in [7, 11) is 0. The Morgan fingerprint density at radius 2 is 1.70 bits per heavy atom. The van der Waals surface area contributed by atoms with Crippen LogP contribution in [0.25, 0.3) is 0 Å². The summed E-state index contributed by atoms with van der Waals surface area (Å²) in [6, 6.07) is 3.69. The number of benzene rings is 1. The number of rotatable bonds is 5. The van der Waals surface area contributed by atoms with Crippen molar-refractivity contribution in [2.75, 3.05) is 18.5 Å². The molecule has 0 unspecified atom stereocenters. The zero-order valence-corrected chi connectivity index (χ0v) is 11.2. The number of hydrogen-bond donors (Lipinski definition) is 1. The van der Waals surface area contributed by atoms with Crippen LogP contribution in [-0.4, -0.2) is 25.9 Å². The molecule has 10 heteroatoms. The molecular weight excluding hydrogens is 360 g/mol. The van der Waals surface area contributed by atoms with Gasteiger partial charge in [0.1, 0.15) is 0 Å². The maximum atomic E-state index is 12.2. The first-order valence-corrected chi connectivity index (χ1v) is 5.86. The Morgan fingerprint density at radius 3 is 2.25 bits per heavy atom. The van der Waals surface area contributed by atoms with Crippen LogP contribution in [0, 0.1) is 0 Å². The summed E-state index contributed by atoms with van der Waals surface area (Å²) in [6.45, 7) is -1.08. The van der Waals surface area contributed by atoms with E-state index in [0.29, 0.717) is 4.47 Å². The van der Waals surface area contributed by atoms with Gasteiger partial charge >= 0.3 is 12.7 Å². The van der Waals surface area contributed by atoms with Gasteiger partial charge in [-0.1, -0.05) is 15.9 Å². The Hall–Kier alpha value is -1.16. The van der Waals surface area contributed by atoms with E-state index in [1.165, 1.54) is 12.1 Å². The summed E-state index contributed by atoms with van der Waals surface area (Å²) in [5.41, 5.74) is -0.101. The topological polar surface area (TPSA) is 30.5 Å². The Morgan fingerprint density at radius 1 is 1.05 bits per heavy atom. The lowest BCUT2D eigenvalue weighted by Crippen LogP contribution is -2.21. The Labute approximate surface area is 118 Å². The molecule has 0 spiro atoms. The molecular formula is C10H8BrF6NO2. The number of hydrogen-bond acceptors (Lipinski definition) is 3. The molecule has 0 aliphatic carbocycles. The van der Waals surface area contributed by atoms with Gasteiger partial charge in [0.05, 0.1) is 12.3 Å². The first-order chi connectivity index (χ1) is 9.07. The van der Waals surface area contributed by atoms with Gasteiger partial charge in [-0.05, 0) is 18.2 Å². The monoisotopic (exact) mass is 367 g/mol. The van der Waals surface area contributed by atoms with E-state index in [-0.39, 0.29) is 12.2 Å². The summed E-state index contributed by atoms with van der Waals surface area (Å²) >= 11 is 2.96. The smallest absolute Gasteiger partial charge is 0.404 e. The van der Waals surface area contributed by atoms with Gasteiger partial charge in [0, 0.05) is 11.0 Å². The van der Waals surface area contributed by atoms with Gasteiger partial charge in [-0.25, -0.2) is 0 Å². The fourth-order valence-electron chi connectivity index (χ4n) is 1.20. The molecule has 0 bridgehead atoms. The highest BCUT2D eigenvalue weighted by molar-refractivity contribution is 9.10. The number of anilines is 1. The number of alkyl halides is 6. The first kappa shape index (κ1) is 16.9. The van der Waals surface area contributed by atoms with Crippen molar-refractivity contribution in [1.29, 1.82) is 0 Å². The molecule has 0 saturated carbocycles. The van der Waals surface area contributed by atoms with E-state index in [2.05, 4.69) is 30.7 Å². The molecule has 0 saturated heterocycles. The van der Waals surface area contributed by atoms with Gasteiger partial charge < -0.3 is 10.1 Å². The summed E-state index contributed by atoms with van der Waals surface area (Å²) < 4.78 is 79.2. The molecule has 0 fully saturated rings. The minimum absolute atomic E-state index is 0.101. The Kier molecular flexibility index (Phi) is 5.51. The van der Waals surface area contributed by atoms with E-state index in [1.807, 2.05) is 0 Å². The van der Waals surface area contributed by atoms with Gasteiger partial charge in [-0.3, -0.25) is 4.74 Å². The van der Waals surface area contributed by atoms with Crippen molar-refractivity contribution in [1.82, 2.24) is 0 Å². The summed E-state index contributed by atoms with van der Waals surface area (Å²) in [5.74, 6) is -0.557. The van der Waals surface area contributed by atoms with Crippen LogP contribution in [0.3, 0.4) is 0 Å². The predicted octanol–water partition coefficient (Wildman–Crippen LogP) is 4.30. The third-order valence-electron chi connectivity index (χ3n) is 1.85. The molecule has 1 N–H and O–H groups in total. The molecule has 3 nitrogen and oxygen atoms in total. The van der Waals surface area contributed by atoms with Gasteiger partial charge in [-0.2, -0.15) is 0 Å². The zero-order chi connectivity index (χ0) is 15.4. The Balaban J connectivity index is 2.65. The normalized spacial score (nSPS) is 12.3. The Bertz CT molecular complexity index is 448. The molecule has 1 aromatic carbocycles. The molecule has 1 rings (SSSR count). The van der Waals surface area contributed by atoms with Crippen molar-refractivity contribution < 1.29 is 35.8 Å². The fraction of sp³-hybridized carbons (Fsp3) is 0.400. The lowest BCUT2D eigenvalue weighted by Gasteiger charge is -2.15. The predicted molar refractivity (Wildman–Crippen MR) is 61.3 cm³/mol. The molecule has 0 radical (unpaired) electrons. The fourth-order valence-corrected chi connectivity index (χ4v) is 1.54. The molecule has 0 heterocycles. The van der Waals surface area contributed by atoms with E-state index >= 15 is 0 Å². The number of halogens is 7. The first-order valence-electron chi connectivity index (χ1n) is 5.07. The van der Waals surface area contributed by atoms with Crippen molar-refractivity contribution in [3.63, 3.8) is 0 Å². The maximum absolute atomic E-state index is 12.2. The average Bonchev–Trinajstić information content (AvgIpc) is 2.23. The SMILES string of the molecule is FC(F)(F)OCCNc1ccc(Br)cc1OC(F)(F)F. The highest BCUT2D eigenvalue weighted by Crippen LogP contribution is 2.32. The van der Waals surface area contributed by atoms with Crippen molar-refractivity contribution >= 4 is 21.6 Å². The van der Waals surface area contributed by atoms with Gasteiger partial charge in [0.15, 0.2) is 5.75 Å². The lowest BCUT2D eigenvalue weighted by molar-refractivity contribution is -0.322. The number of nitrogens with one attached hydrogen (secondary N) is 1. The quantitative estimate of drug-likeness (QED) is 0.621. The highest BCUT2D eigenvalue weighted by atomic mass is 79.9. The molecule has 0 aliphatic rings.